The van der Waals surface area contributed by atoms with E-state index < -0.39 is 21.7 Å². The van der Waals surface area contributed by atoms with Crippen LogP contribution in [0.25, 0.3) is 11.0 Å². The number of aromatic nitrogens is 3. The molecule has 182 valence electrons. The Kier molecular flexibility index (Phi) is 5.70. The molecule has 3 aliphatic rings. The summed E-state index contributed by atoms with van der Waals surface area (Å²) in [5.41, 5.74) is 0.0316. The number of pyridine rings is 1. The number of aryl methyl sites for hydroxylation is 1. The van der Waals surface area contributed by atoms with Gasteiger partial charge in [-0.25, -0.2) is 17.7 Å². The van der Waals surface area contributed by atoms with Gasteiger partial charge in [-0.05, 0) is 64.4 Å². The lowest BCUT2D eigenvalue weighted by atomic mass is 9.98. The van der Waals surface area contributed by atoms with Gasteiger partial charge in [0, 0.05) is 30.7 Å². The van der Waals surface area contributed by atoms with Gasteiger partial charge in [-0.1, -0.05) is 5.92 Å². The molecule has 2 atom stereocenters. The van der Waals surface area contributed by atoms with E-state index in [0.717, 1.165) is 19.3 Å². The van der Waals surface area contributed by atoms with Crippen molar-refractivity contribution in [1.82, 2.24) is 18.8 Å². The molecule has 9 nitrogen and oxygen atoms in total. The van der Waals surface area contributed by atoms with Crippen molar-refractivity contribution in [3.05, 3.63) is 27.7 Å². The molecule has 0 unspecified atom stereocenters. The molecular weight excluding hydrogens is 454 g/mol. The van der Waals surface area contributed by atoms with Crippen molar-refractivity contribution in [2.24, 2.45) is 0 Å². The topological polar surface area (TPSA) is 117 Å². The molecule has 2 N–H and O–H groups in total. The molecule has 2 aliphatic carbocycles. The van der Waals surface area contributed by atoms with E-state index >= 15 is 0 Å². The molecular formula is C24H31N5O4S. The van der Waals surface area contributed by atoms with Crippen molar-refractivity contribution >= 4 is 27.0 Å². The predicted octanol–water partition coefficient (Wildman–Crippen LogP) is 1.93. The van der Waals surface area contributed by atoms with Crippen molar-refractivity contribution in [1.29, 1.82) is 0 Å². The molecule has 10 heteroatoms. The number of nitrogens with zero attached hydrogens (tertiary/aromatic N) is 4. The molecule has 2 aromatic heterocycles. The Labute approximate surface area is 199 Å². The summed E-state index contributed by atoms with van der Waals surface area (Å²) in [5, 5.41) is 14.8. The molecule has 1 aliphatic heterocycles. The lowest BCUT2D eigenvalue weighted by Crippen LogP contribution is -2.43. The van der Waals surface area contributed by atoms with E-state index in [0.29, 0.717) is 61.3 Å². The average molecular weight is 486 g/mol. The summed E-state index contributed by atoms with van der Waals surface area (Å²) < 4.78 is 28.2. The Morgan fingerprint density at radius 1 is 1.24 bits per heavy atom. The first-order chi connectivity index (χ1) is 16.1. The minimum absolute atomic E-state index is 0.0314. The van der Waals surface area contributed by atoms with Crippen molar-refractivity contribution in [2.45, 2.75) is 81.7 Å². The molecule has 0 aromatic carbocycles. The van der Waals surface area contributed by atoms with E-state index in [1.165, 1.54) is 0 Å². The second kappa shape index (κ2) is 8.33. The van der Waals surface area contributed by atoms with Crippen molar-refractivity contribution in [3.8, 4) is 12.3 Å². The number of aliphatic hydroxyl groups is 1. The molecule has 34 heavy (non-hydrogen) atoms. The van der Waals surface area contributed by atoms with Gasteiger partial charge in [0.2, 0.25) is 16.0 Å². The van der Waals surface area contributed by atoms with Crippen LogP contribution in [0.4, 0.5) is 5.95 Å². The van der Waals surface area contributed by atoms with Crippen LogP contribution in [0.2, 0.25) is 0 Å². The first-order valence-corrected chi connectivity index (χ1v) is 13.5. The van der Waals surface area contributed by atoms with Crippen LogP contribution in [0.3, 0.4) is 0 Å². The highest BCUT2D eigenvalue weighted by molar-refractivity contribution is 7.90. The van der Waals surface area contributed by atoms with Gasteiger partial charge in [-0.15, -0.1) is 6.42 Å². The van der Waals surface area contributed by atoms with Crippen molar-refractivity contribution in [2.75, 3.05) is 18.4 Å². The maximum atomic E-state index is 13.4. The van der Waals surface area contributed by atoms with Crippen molar-refractivity contribution < 1.29 is 13.5 Å². The fraction of sp³-hybridized carbons (Fsp3) is 0.625. The highest BCUT2D eigenvalue weighted by atomic mass is 32.2. The predicted molar refractivity (Wildman–Crippen MR) is 130 cm³/mol. The number of hydrogen-bond donors (Lipinski definition) is 2. The maximum absolute atomic E-state index is 13.4. The number of sulfonamides is 1. The molecule has 3 heterocycles. The third-order valence-electron chi connectivity index (χ3n) is 7.64. The SMILES string of the molecule is C#Cc1c(C)c2cnc(NC3CCN(S(=O)(=O)C4CC4)CC3)nc2n([C@@H]2CCC[C@@]2(C)O)c1=O. The molecule has 0 spiro atoms. The number of rotatable bonds is 5. The number of nitrogens with one attached hydrogen (secondary N) is 1. The molecule has 1 saturated heterocycles. The summed E-state index contributed by atoms with van der Waals surface area (Å²) in [6.07, 6.45) is 12.3. The summed E-state index contributed by atoms with van der Waals surface area (Å²) in [7, 11) is -3.16. The average Bonchev–Trinajstić information content (AvgIpc) is 3.60. The van der Waals surface area contributed by atoms with E-state index in [1.54, 1.807) is 28.9 Å². The van der Waals surface area contributed by atoms with Gasteiger partial charge >= 0.3 is 0 Å². The third-order valence-corrected chi connectivity index (χ3v) is 10.0. The molecule has 0 radical (unpaired) electrons. The molecule has 2 aromatic rings. The zero-order chi connectivity index (χ0) is 24.3. The highest BCUT2D eigenvalue weighted by Crippen LogP contribution is 2.40. The van der Waals surface area contributed by atoms with Gasteiger partial charge in [0.25, 0.3) is 5.56 Å². The van der Waals surface area contributed by atoms with Crippen LogP contribution in [-0.2, 0) is 10.0 Å². The zero-order valence-corrected chi connectivity index (χ0v) is 20.4. The van der Waals surface area contributed by atoms with Crippen LogP contribution >= 0.6 is 0 Å². The highest BCUT2D eigenvalue weighted by Gasteiger charge is 2.42. The summed E-state index contributed by atoms with van der Waals surface area (Å²) in [6.45, 7) is 4.50. The van der Waals surface area contributed by atoms with E-state index in [2.05, 4.69) is 16.2 Å². The smallest absolute Gasteiger partial charge is 0.268 e. The molecule has 5 rings (SSSR count). The van der Waals surface area contributed by atoms with Crippen LogP contribution in [0, 0.1) is 19.3 Å². The van der Waals surface area contributed by atoms with E-state index in [-0.39, 0.29) is 22.4 Å². The van der Waals surface area contributed by atoms with Gasteiger partial charge in [0.05, 0.1) is 22.5 Å². The Morgan fingerprint density at radius 3 is 2.53 bits per heavy atom. The quantitative estimate of drug-likeness (QED) is 0.622. The van der Waals surface area contributed by atoms with Crippen LogP contribution in [0.15, 0.2) is 11.0 Å². The number of piperidine rings is 1. The Hall–Kier alpha value is -2.48. The van der Waals surface area contributed by atoms with E-state index in [9.17, 15) is 18.3 Å². The van der Waals surface area contributed by atoms with Gasteiger partial charge in [0.1, 0.15) is 5.65 Å². The number of fused-ring (bicyclic) bond motifs is 1. The van der Waals surface area contributed by atoms with Gasteiger partial charge in [0.15, 0.2) is 0 Å². The first-order valence-electron chi connectivity index (χ1n) is 12.0. The number of hydrogen-bond acceptors (Lipinski definition) is 7. The summed E-state index contributed by atoms with van der Waals surface area (Å²) in [4.78, 5) is 22.6. The zero-order valence-electron chi connectivity index (χ0n) is 19.6. The van der Waals surface area contributed by atoms with Crippen LogP contribution in [-0.4, -0.2) is 62.3 Å². The summed E-state index contributed by atoms with van der Waals surface area (Å²) in [6, 6.07) is -0.391. The lowest BCUT2D eigenvalue weighted by molar-refractivity contribution is 0.0266. The molecule has 3 fully saturated rings. The Balaban J connectivity index is 1.46. The fourth-order valence-electron chi connectivity index (χ4n) is 5.41. The second-order valence-corrected chi connectivity index (χ2v) is 12.3. The van der Waals surface area contributed by atoms with E-state index in [4.69, 9.17) is 11.4 Å². The lowest BCUT2D eigenvalue weighted by Gasteiger charge is -2.32. The minimum atomic E-state index is -3.16. The van der Waals surface area contributed by atoms with Crippen LogP contribution in [0.5, 0.6) is 0 Å². The molecule has 0 bridgehead atoms. The van der Waals surface area contributed by atoms with Gasteiger partial charge < -0.3 is 10.4 Å². The number of anilines is 1. The fourth-order valence-corrected chi connectivity index (χ4v) is 7.29. The van der Waals surface area contributed by atoms with E-state index in [1.807, 2.05) is 0 Å². The monoisotopic (exact) mass is 485 g/mol. The largest absolute Gasteiger partial charge is 0.388 e. The normalized spacial score (nSPS) is 26.6. The van der Waals surface area contributed by atoms with Gasteiger partial charge in [-0.2, -0.15) is 4.98 Å². The van der Waals surface area contributed by atoms with Crippen LogP contribution < -0.4 is 10.9 Å². The standard InChI is InChI=1S/C24H31N5O4S/c1-4-18-15(2)19-14-25-23(26-16-9-12-28(13-10-16)34(32,33)17-7-8-17)27-21(19)29(22(18)30)20-6-5-11-24(20,3)31/h1,14,16-17,20,31H,5-13H2,2-3H3,(H,25,26,27)/t20-,24-/m1/s1. The van der Waals surface area contributed by atoms with Gasteiger partial charge in [-0.3, -0.25) is 9.36 Å². The molecule has 2 saturated carbocycles. The summed E-state index contributed by atoms with van der Waals surface area (Å²) in [5.74, 6) is 2.90. The van der Waals surface area contributed by atoms with Crippen molar-refractivity contribution in [3.63, 3.8) is 0 Å². The first kappa shape index (κ1) is 23.3. The number of terminal acetylenes is 1. The minimum Gasteiger partial charge on any atom is -0.388 e. The molecule has 0 amide bonds. The van der Waals surface area contributed by atoms with Crippen LogP contribution in [0.1, 0.15) is 69.0 Å². The summed E-state index contributed by atoms with van der Waals surface area (Å²) >= 11 is 0. The third kappa shape index (κ3) is 3.89. The Morgan fingerprint density at radius 2 is 1.94 bits per heavy atom. The second-order valence-electron chi connectivity index (χ2n) is 10.1. The maximum Gasteiger partial charge on any atom is 0.268 e. The Bertz CT molecular complexity index is 1330.